The molecule has 6 heteroatoms. The van der Waals surface area contributed by atoms with Crippen molar-refractivity contribution in [2.75, 3.05) is 0 Å². The van der Waals surface area contributed by atoms with Crippen LogP contribution in [0.2, 0.25) is 0 Å². The molecule has 142 valence electrons. The molecule has 2 aromatic heterocycles. The molecule has 1 N–H and O–H groups in total. The predicted molar refractivity (Wildman–Crippen MR) is 104 cm³/mol. The van der Waals surface area contributed by atoms with Crippen molar-refractivity contribution in [3.8, 4) is 11.4 Å². The number of aliphatic hydroxyl groups is 1. The Balaban J connectivity index is 1.78. The number of hydrogen-bond donors (Lipinski definition) is 1. The van der Waals surface area contributed by atoms with Gasteiger partial charge in [-0.2, -0.15) is 0 Å². The summed E-state index contributed by atoms with van der Waals surface area (Å²) >= 11 is 0. The average molecular weight is 376 g/mol. The van der Waals surface area contributed by atoms with Crippen LogP contribution in [0.15, 0.2) is 35.1 Å². The average Bonchev–Trinajstić information content (AvgIpc) is 2.96. The van der Waals surface area contributed by atoms with E-state index < -0.39 is 11.6 Å². The van der Waals surface area contributed by atoms with Crippen molar-refractivity contribution >= 4 is 16.9 Å². The first-order valence-corrected chi connectivity index (χ1v) is 9.45. The molecule has 0 saturated heterocycles. The van der Waals surface area contributed by atoms with Crippen molar-refractivity contribution in [2.45, 2.75) is 45.4 Å². The molecule has 1 aromatic carbocycles. The zero-order valence-electron chi connectivity index (χ0n) is 15.8. The molecule has 0 radical (unpaired) electrons. The highest BCUT2D eigenvalue weighted by atomic mass is 16.5. The molecular formula is C22H20N2O4. The molecular weight excluding hydrogens is 356 g/mol. The Labute approximate surface area is 161 Å². The molecule has 28 heavy (non-hydrogen) atoms. The molecule has 6 nitrogen and oxygen atoms in total. The highest BCUT2D eigenvalue weighted by molar-refractivity contribution is 5.84. The van der Waals surface area contributed by atoms with Gasteiger partial charge in [0, 0.05) is 10.9 Å². The van der Waals surface area contributed by atoms with Crippen LogP contribution in [0.5, 0.6) is 0 Å². The highest BCUT2D eigenvalue weighted by Gasteiger charge is 2.39. The Bertz CT molecular complexity index is 1230. The van der Waals surface area contributed by atoms with Gasteiger partial charge in [0.1, 0.15) is 12.2 Å². The van der Waals surface area contributed by atoms with Gasteiger partial charge in [-0.25, -0.2) is 4.98 Å². The molecule has 0 amide bonds. The first-order valence-electron chi connectivity index (χ1n) is 9.45. The molecule has 0 bridgehead atoms. The summed E-state index contributed by atoms with van der Waals surface area (Å²) in [6.45, 7) is 4.15. The number of rotatable bonds is 1. The molecule has 0 aliphatic carbocycles. The lowest BCUT2D eigenvalue weighted by Crippen LogP contribution is -2.32. The monoisotopic (exact) mass is 376 g/mol. The van der Waals surface area contributed by atoms with Gasteiger partial charge in [-0.15, -0.1) is 0 Å². The Morgan fingerprint density at radius 3 is 2.86 bits per heavy atom. The number of benzene rings is 1. The quantitative estimate of drug-likeness (QED) is 0.517. The molecule has 1 atom stereocenters. The third-order valence-electron chi connectivity index (χ3n) is 5.92. The van der Waals surface area contributed by atoms with E-state index in [4.69, 9.17) is 9.72 Å². The second kappa shape index (κ2) is 5.75. The molecule has 1 unspecified atom stereocenters. The fraction of sp³-hybridized carbons (Fsp3) is 0.318. The number of nitrogens with zero attached hydrogens (tertiary/aromatic N) is 2. The standard InChI is InChI=1S/C22H20N2O4/c1-3-22(27)9-19(25)28-11-15-16(22)8-18-20-14(10-24(18)21(15)26)7-13-6-12(2)4-5-17(13)23-20/h4-8,27H,3,9-11H2,1-2H3. The van der Waals surface area contributed by atoms with Crippen molar-refractivity contribution in [1.82, 2.24) is 9.55 Å². The first-order chi connectivity index (χ1) is 13.4. The van der Waals surface area contributed by atoms with Gasteiger partial charge in [-0.05, 0) is 43.2 Å². The minimum absolute atomic E-state index is 0.111. The maximum absolute atomic E-state index is 13.2. The molecule has 2 aliphatic heterocycles. The summed E-state index contributed by atoms with van der Waals surface area (Å²) < 4.78 is 6.86. The van der Waals surface area contributed by atoms with E-state index in [0.29, 0.717) is 29.8 Å². The number of aromatic nitrogens is 2. The Kier molecular flexibility index (Phi) is 3.52. The van der Waals surface area contributed by atoms with Crippen molar-refractivity contribution in [2.24, 2.45) is 0 Å². The number of cyclic esters (lactones) is 1. The van der Waals surface area contributed by atoms with Crippen molar-refractivity contribution in [3.05, 3.63) is 62.9 Å². The summed E-state index contributed by atoms with van der Waals surface area (Å²) in [7, 11) is 0. The van der Waals surface area contributed by atoms with E-state index in [1.165, 1.54) is 0 Å². The topological polar surface area (TPSA) is 81.4 Å². The van der Waals surface area contributed by atoms with Gasteiger partial charge >= 0.3 is 5.97 Å². The number of esters is 1. The summed E-state index contributed by atoms with van der Waals surface area (Å²) in [5, 5.41) is 12.2. The van der Waals surface area contributed by atoms with E-state index in [9.17, 15) is 14.7 Å². The van der Waals surface area contributed by atoms with Gasteiger partial charge in [-0.3, -0.25) is 9.59 Å². The van der Waals surface area contributed by atoms with Gasteiger partial charge in [0.05, 0.1) is 35.4 Å². The van der Waals surface area contributed by atoms with Gasteiger partial charge in [0.15, 0.2) is 0 Å². The maximum atomic E-state index is 13.2. The minimum Gasteiger partial charge on any atom is -0.460 e. The number of ether oxygens (including phenoxy) is 1. The highest BCUT2D eigenvalue weighted by Crippen LogP contribution is 2.38. The number of hydrogen-bond acceptors (Lipinski definition) is 5. The van der Waals surface area contributed by atoms with Gasteiger partial charge < -0.3 is 14.4 Å². The molecule has 0 fully saturated rings. The number of fused-ring (bicyclic) bond motifs is 5. The predicted octanol–water partition coefficient (Wildman–Crippen LogP) is 2.78. The Morgan fingerprint density at radius 1 is 1.25 bits per heavy atom. The molecule has 5 rings (SSSR count). The smallest absolute Gasteiger partial charge is 0.309 e. The molecule has 3 aromatic rings. The van der Waals surface area contributed by atoms with Gasteiger partial charge in [0.25, 0.3) is 5.56 Å². The second-order valence-corrected chi connectivity index (χ2v) is 7.73. The summed E-state index contributed by atoms with van der Waals surface area (Å²) in [5.41, 5.74) is 3.64. The lowest BCUT2D eigenvalue weighted by atomic mass is 9.85. The van der Waals surface area contributed by atoms with Crippen molar-refractivity contribution in [3.63, 3.8) is 0 Å². The van der Waals surface area contributed by atoms with Crippen LogP contribution in [-0.2, 0) is 28.3 Å². The summed E-state index contributed by atoms with van der Waals surface area (Å²) in [5.74, 6) is -0.495. The van der Waals surface area contributed by atoms with E-state index in [0.717, 1.165) is 27.7 Å². The molecule has 0 spiro atoms. The number of carbonyl (C=O) groups excluding carboxylic acids is 1. The van der Waals surface area contributed by atoms with E-state index >= 15 is 0 Å². The van der Waals surface area contributed by atoms with Crippen LogP contribution in [0, 0.1) is 6.92 Å². The zero-order chi connectivity index (χ0) is 19.6. The van der Waals surface area contributed by atoms with Crippen LogP contribution in [-0.4, -0.2) is 20.6 Å². The van der Waals surface area contributed by atoms with Gasteiger partial charge in [0.2, 0.25) is 0 Å². The van der Waals surface area contributed by atoms with Crippen LogP contribution in [0.1, 0.15) is 42.0 Å². The van der Waals surface area contributed by atoms with E-state index in [1.54, 1.807) is 11.5 Å². The summed E-state index contributed by atoms with van der Waals surface area (Å²) in [4.78, 5) is 30.0. The van der Waals surface area contributed by atoms with Crippen LogP contribution in [0.4, 0.5) is 0 Å². The number of carbonyl (C=O) groups is 1. The van der Waals surface area contributed by atoms with E-state index in [1.807, 2.05) is 25.1 Å². The SMILES string of the molecule is CCC1(O)CC(=O)OCc2c1cc1n(c2=O)Cc2cc3cc(C)ccc3nc2-1. The van der Waals surface area contributed by atoms with Crippen LogP contribution in [0.25, 0.3) is 22.3 Å². The van der Waals surface area contributed by atoms with Gasteiger partial charge in [-0.1, -0.05) is 18.6 Å². The zero-order valence-corrected chi connectivity index (χ0v) is 15.8. The lowest BCUT2D eigenvalue weighted by molar-refractivity contribution is -0.149. The maximum Gasteiger partial charge on any atom is 0.309 e. The molecule has 4 heterocycles. The number of pyridine rings is 2. The molecule has 2 aliphatic rings. The van der Waals surface area contributed by atoms with Crippen LogP contribution in [0.3, 0.4) is 0 Å². The summed E-state index contributed by atoms with van der Waals surface area (Å²) in [6.07, 6.45) is 0.159. The largest absolute Gasteiger partial charge is 0.460 e. The Hall–Kier alpha value is -2.99. The lowest BCUT2D eigenvalue weighted by Gasteiger charge is -2.26. The normalized spacial score (nSPS) is 20.3. The van der Waals surface area contributed by atoms with Crippen molar-refractivity contribution < 1.29 is 14.6 Å². The minimum atomic E-state index is -1.41. The fourth-order valence-electron chi connectivity index (χ4n) is 4.30. The third kappa shape index (κ3) is 2.34. The summed E-state index contributed by atoms with van der Waals surface area (Å²) in [6, 6.07) is 9.97. The molecule has 0 saturated carbocycles. The number of aryl methyl sites for hydroxylation is 1. The second-order valence-electron chi connectivity index (χ2n) is 7.73. The fourth-order valence-corrected chi connectivity index (χ4v) is 4.30. The van der Waals surface area contributed by atoms with E-state index in [-0.39, 0.29) is 18.6 Å². The third-order valence-corrected chi connectivity index (χ3v) is 5.92. The Morgan fingerprint density at radius 2 is 2.07 bits per heavy atom. The van der Waals surface area contributed by atoms with Crippen LogP contribution >= 0.6 is 0 Å². The first kappa shape index (κ1) is 17.1. The van der Waals surface area contributed by atoms with Crippen molar-refractivity contribution in [1.29, 1.82) is 0 Å². The van der Waals surface area contributed by atoms with E-state index in [2.05, 4.69) is 12.1 Å². The van der Waals surface area contributed by atoms with Crippen LogP contribution < -0.4 is 5.56 Å².